The SMILES string of the molecule is CC/C=C\C/C=C\C/C=C\C/C=C\CCCCCCCCC(=O)NC(CO)C(O)/C=C/CC/C=C/CC/C=C/CCCCCCCCCCCCCCCCCC. The van der Waals surface area contributed by atoms with Gasteiger partial charge in [0.05, 0.1) is 18.8 Å². The Labute approximate surface area is 354 Å². The second kappa shape index (κ2) is 47.9. The lowest BCUT2D eigenvalue weighted by molar-refractivity contribution is -0.123. The molecular formula is C53H93NO3. The van der Waals surface area contributed by atoms with Crippen molar-refractivity contribution in [3.05, 3.63) is 85.1 Å². The lowest BCUT2D eigenvalue weighted by atomic mass is 10.0. The first-order valence-electron chi connectivity index (χ1n) is 24.3. The number of hydrogen-bond donors (Lipinski definition) is 3. The zero-order chi connectivity index (χ0) is 41.4. The number of carbonyl (C=O) groups is 1. The molecule has 3 N–H and O–H groups in total. The van der Waals surface area contributed by atoms with Crippen molar-refractivity contribution in [2.75, 3.05) is 6.61 Å². The number of carbonyl (C=O) groups excluding carboxylic acids is 1. The Kier molecular flexibility index (Phi) is 45.9. The summed E-state index contributed by atoms with van der Waals surface area (Å²) in [5, 5.41) is 23.0. The Hall–Kier alpha value is -2.43. The van der Waals surface area contributed by atoms with Crippen LogP contribution < -0.4 is 5.32 Å². The van der Waals surface area contributed by atoms with Gasteiger partial charge in [-0.1, -0.05) is 221 Å². The normalized spacial score (nSPS) is 13.7. The molecule has 0 aromatic rings. The molecule has 2 atom stereocenters. The van der Waals surface area contributed by atoms with E-state index in [0.29, 0.717) is 6.42 Å². The highest BCUT2D eigenvalue weighted by Crippen LogP contribution is 2.15. The van der Waals surface area contributed by atoms with Gasteiger partial charge in [-0.05, 0) is 83.5 Å². The third-order valence-electron chi connectivity index (χ3n) is 10.6. The van der Waals surface area contributed by atoms with Crippen LogP contribution in [0.1, 0.15) is 226 Å². The highest BCUT2D eigenvalue weighted by molar-refractivity contribution is 5.76. The van der Waals surface area contributed by atoms with Crippen LogP contribution in [0.4, 0.5) is 0 Å². The molecule has 0 spiro atoms. The Balaban J connectivity index is 3.65. The van der Waals surface area contributed by atoms with Crippen LogP contribution in [0.5, 0.6) is 0 Å². The quantitative estimate of drug-likeness (QED) is 0.0425. The van der Waals surface area contributed by atoms with Gasteiger partial charge >= 0.3 is 0 Å². The van der Waals surface area contributed by atoms with E-state index in [0.717, 1.165) is 77.0 Å². The molecule has 0 heterocycles. The molecular weight excluding hydrogens is 699 g/mol. The van der Waals surface area contributed by atoms with Crippen LogP contribution in [0, 0.1) is 0 Å². The molecule has 0 aromatic carbocycles. The van der Waals surface area contributed by atoms with Crippen LogP contribution in [-0.2, 0) is 4.79 Å². The molecule has 0 aromatic heterocycles. The molecule has 4 nitrogen and oxygen atoms in total. The highest BCUT2D eigenvalue weighted by Gasteiger charge is 2.17. The predicted octanol–water partition coefficient (Wildman–Crippen LogP) is 15.6. The Bertz CT molecular complexity index is 1030. The standard InChI is InChI=1S/C53H93NO3/c1-3-5-7-9-11-13-15-17-19-21-23-24-25-26-27-28-29-31-32-34-36-38-40-42-44-46-48-52(56)51(50-55)54-53(57)49-47-45-43-41-39-37-35-33-30-22-20-18-16-14-12-10-8-6-4-2/h6,8,12,14,18,20,30-33,38,40,46,48,51-52,55-56H,3-5,7,9-11,13,15-17,19,21-29,34-37,39,41-45,47,49-50H2,1-2H3,(H,54,57)/b8-6-,14-12-,20-18-,32-31+,33-30-,40-38+,48-46+. The van der Waals surface area contributed by atoms with Gasteiger partial charge < -0.3 is 15.5 Å². The second-order valence-electron chi connectivity index (χ2n) is 16.1. The summed E-state index contributed by atoms with van der Waals surface area (Å²) < 4.78 is 0. The van der Waals surface area contributed by atoms with Gasteiger partial charge in [-0.15, -0.1) is 0 Å². The molecule has 0 saturated heterocycles. The molecule has 0 aliphatic rings. The fourth-order valence-corrected chi connectivity index (χ4v) is 6.91. The summed E-state index contributed by atoms with van der Waals surface area (Å²) in [7, 11) is 0. The van der Waals surface area contributed by atoms with Crippen molar-refractivity contribution >= 4 is 5.91 Å². The van der Waals surface area contributed by atoms with Crippen molar-refractivity contribution in [1.82, 2.24) is 5.32 Å². The monoisotopic (exact) mass is 792 g/mol. The minimum absolute atomic E-state index is 0.0946. The van der Waals surface area contributed by atoms with Crippen LogP contribution in [0.3, 0.4) is 0 Å². The maximum atomic E-state index is 12.4. The molecule has 0 saturated carbocycles. The molecule has 328 valence electrons. The summed E-state index contributed by atoms with van der Waals surface area (Å²) in [4.78, 5) is 12.4. The van der Waals surface area contributed by atoms with E-state index in [4.69, 9.17) is 0 Å². The van der Waals surface area contributed by atoms with Gasteiger partial charge in [0.1, 0.15) is 0 Å². The Morgan fingerprint density at radius 1 is 0.439 bits per heavy atom. The zero-order valence-corrected chi connectivity index (χ0v) is 37.6. The zero-order valence-electron chi connectivity index (χ0n) is 37.6. The average Bonchev–Trinajstić information content (AvgIpc) is 3.22. The maximum absolute atomic E-state index is 12.4. The van der Waals surface area contributed by atoms with E-state index >= 15 is 0 Å². The van der Waals surface area contributed by atoms with E-state index in [-0.39, 0.29) is 12.5 Å². The van der Waals surface area contributed by atoms with E-state index in [1.807, 2.05) is 6.08 Å². The van der Waals surface area contributed by atoms with Gasteiger partial charge in [0.25, 0.3) is 0 Å². The lowest BCUT2D eigenvalue weighted by Crippen LogP contribution is -2.45. The summed E-state index contributed by atoms with van der Waals surface area (Å²) in [6.07, 6.45) is 70.0. The van der Waals surface area contributed by atoms with Crippen LogP contribution in [0.2, 0.25) is 0 Å². The predicted molar refractivity (Wildman–Crippen MR) is 253 cm³/mol. The summed E-state index contributed by atoms with van der Waals surface area (Å²) in [5.74, 6) is -0.0946. The highest BCUT2D eigenvalue weighted by atomic mass is 16.3. The van der Waals surface area contributed by atoms with Gasteiger partial charge in [-0.25, -0.2) is 0 Å². The van der Waals surface area contributed by atoms with Crippen molar-refractivity contribution in [2.45, 2.75) is 238 Å². The van der Waals surface area contributed by atoms with Gasteiger partial charge in [0.15, 0.2) is 0 Å². The number of allylic oxidation sites excluding steroid dienone is 13. The number of amides is 1. The molecule has 0 bridgehead atoms. The number of aliphatic hydroxyl groups is 2. The molecule has 2 unspecified atom stereocenters. The molecule has 0 fully saturated rings. The summed E-state index contributed by atoms with van der Waals surface area (Å²) in [6.45, 7) is 4.18. The summed E-state index contributed by atoms with van der Waals surface area (Å²) in [5.41, 5.74) is 0. The minimum Gasteiger partial charge on any atom is -0.394 e. The molecule has 0 radical (unpaired) electrons. The fraction of sp³-hybridized carbons (Fsp3) is 0.717. The fourth-order valence-electron chi connectivity index (χ4n) is 6.91. The van der Waals surface area contributed by atoms with Crippen molar-refractivity contribution in [3.63, 3.8) is 0 Å². The van der Waals surface area contributed by atoms with E-state index in [2.05, 4.69) is 92.1 Å². The molecule has 0 aliphatic carbocycles. The number of hydrogen-bond acceptors (Lipinski definition) is 3. The van der Waals surface area contributed by atoms with Crippen LogP contribution in [0.15, 0.2) is 85.1 Å². The lowest BCUT2D eigenvalue weighted by Gasteiger charge is -2.19. The van der Waals surface area contributed by atoms with Crippen molar-refractivity contribution in [2.24, 2.45) is 0 Å². The Morgan fingerprint density at radius 2 is 0.789 bits per heavy atom. The first-order valence-corrected chi connectivity index (χ1v) is 24.3. The van der Waals surface area contributed by atoms with E-state index < -0.39 is 12.1 Å². The van der Waals surface area contributed by atoms with Crippen LogP contribution in [0.25, 0.3) is 0 Å². The molecule has 4 heteroatoms. The largest absolute Gasteiger partial charge is 0.394 e. The smallest absolute Gasteiger partial charge is 0.220 e. The van der Waals surface area contributed by atoms with Crippen molar-refractivity contribution < 1.29 is 15.0 Å². The first-order chi connectivity index (χ1) is 28.2. The number of aliphatic hydroxyl groups excluding tert-OH is 2. The van der Waals surface area contributed by atoms with E-state index in [1.165, 1.54) is 128 Å². The Morgan fingerprint density at radius 3 is 1.23 bits per heavy atom. The number of unbranched alkanes of at least 4 members (excludes halogenated alkanes) is 24. The summed E-state index contributed by atoms with van der Waals surface area (Å²) in [6, 6.07) is -0.659. The average molecular weight is 792 g/mol. The van der Waals surface area contributed by atoms with Gasteiger partial charge in [0.2, 0.25) is 5.91 Å². The molecule has 57 heavy (non-hydrogen) atoms. The molecule has 1 amide bonds. The first kappa shape index (κ1) is 54.6. The summed E-state index contributed by atoms with van der Waals surface area (Å²) >= 11 is 0. The third-order valence-corrected chi connectivity index (χ3v) is 10.6. The van der Waals surface area contributed by atoms with Crippen LogP contribution in [-0.4, -0.2) is 34.9 Å². The molecule has 0 rings (SSSR count). The van der Waals surface area contributed by atoms with Crippen molar-refractivity contribution in [1.29, 1.82) is 0 Å². The molecule has 0 aliphatic heterocycles. The van der Waals surface area contributed by atoms with E-state index in [1.54, 1.807) is 6.08 Å². The van der Waals surface area contributed by atoms with Gasteiger partial charge in [-0.2, -0.15) is 0 Å². The van der Waals surface area contributed by atoms with E-state index in [9.17, 15) is 15.0 Å². The maximum Gasteiger partial charge on any atom is 0.220 e. The third kappa shape index (κ3) is 44.5. The van der Waals surface area contributed by atoms with Crippen molar-refractivity contribution in [3.8, 4) is 0 Å². The number of rotatable bonds is 43. The number of nitrogens with one attached hydrogen (secondary N) is 1. The van der Waals surface area contributed by atoms with Gasteiger partial charge in [-0.3, -0.25) is 4.79 Å². The van der Waals surface area contributed by atoms with Gasteiger partial charge in [0, 0.05) is 6.42 Å². The van der Waals surface area contributed by atoms with Crippen LogP contribution >= 0.6 is 0 Å². The second-order valence-corrected chi connectivity index (χ2v) is 16.1. The minimum atomic E-state index is -0.882. The topological polar surface area (TPSA) is 69.6 Å².